The fourth-order valence-electron chi connectivity index (χ4n) is 4.29. The molecule has 192 valence electrons. The molecule has 1 aliphatic carbocycles. The summed E-state index contributed by atoms with van der Waals surface area (Å²) in [5.74, 6) is 0.471. The lowest BCUT2D eigenvalue weighted by Crippen LogP contribution is -2.56. The number of allylic oxidation sites excluding steroid dienone is 2. The van der Waals surface area contributed by atoms with Crippen molar-refractivity contribution < 1.29 is 33.6 Å². The first-order chi connectivity index (χ1) is 16.1. The molecule has 2 fully saturated rings. The lowest BCUT2D eigenvalue weighted by molar-refractivity contribution is -0.167. The van der Waals surface area contributed by atoms with Crippen LogP contribution in [0.25, 0.3) is 0 Å². The van der Waals surface area contributed by atoms with Gasteiger partial charge in [-0.05, 0) is 65.0 Å². The van der Waals surface area contributed by atoms with Crippen LogP contribution in [0, 0.1) is 5.41 Å². The fraction of sp³-hybridized carbons (Fsp3) is 0.760. The number of nitrogens with one attached hydrogen (secondary N) is 1. The number of carbonyl (C=O) groups is 2. The predicted octanol–water partition coefficient (Wildman–Crippen LogP) is 2.88. The van der Waals surface area contributed by atoms with E-state index in [1.807, 2.05) is 25.2 Å². The average molecular weight is 481 g/mol. The molecule has 0 aromatic heterocycles. The molecule has 2 heterocycles. The lowest BCUT2D eigenvalue weighted by Gasteiger charge is -2.38. The minimum absolute atomic E-state index is 0.147. The van der Waals surface area contributed by atoms with Crippen LogP contribution in [0.1, 0.15) is 59.8 Å². The van der Waals surface area contributed by atoms with Gasteiger partial charge < -0.3 is 34.3 Å². The molecule has 4 atom stereocenters. The molecule has 0 aromatic rings. The second kappa shape index (κ2) is 11.6. The molecule has 2 N–H and O–H groups in total. The Kier molecular flexibility index (Phi) is 9.01. The molecule has 2 amide bonds. The summed E-state index contributed by atoms with van der Waals surface area (Å²) >= 11 is 0. The van der Waals surface area contributed by atoms with Gasteiger partial charge in [-0.3, -0.25) is 4.79 Å². The maximum Gasteiger partial charge on any atom is 0.408 e. The average Bonchev–Trinajstić information content (AvgIpc) is 3.22. The van der Waals surface area contributed by atoms with Gasteiger partial charge in [0.1, 0.15) is 24.0 Å². The molecule has 0 spiro atoms. The van der Waals surface area contributed by atoms with E-state index >= 15 is 0 Å². The van der Waals surface area contributed by atoms with Gasteiger partial charge in [0.05, 0.1) is 12.7 Å². The predicted molar refractivity (Wildman–Crippen MR) is 126 cm³/mol. The van der Waals surface area contributed by atoms with Crippen LogP contribution in [0.4, 0.5) is 4.79 Å². The molecule has 0 bridgehead atoms. The fourth-order valence-corrected chi connectivity index (χ4v) is 4.29. The number of aliphatic hydroxyl groups excluding tert-OH is 1. The molecule has 9 heteroatoms. The first-order valence-corrected chi connectivity index (χ1v) is 12.3. The van der Waals surface area contributed by atoms with Crippen molar-refractivity contribution >= 4 is 12.0 Å². The smallest absolute Gasteiger partial charge is 0.408 e. The van der Waals surface area contributed by atoms with E-state index in [0.29, 0.717) is 38.4 Å². The topological polar surface area (TPSA) is 107 Å². The standard InChI is InChI=1S/C25H40N2O7/c1-24(2,3)34-23(30)26-21(22(29)27-13-10-18(28)17-27)25(4)11-8-19(9-12-25)31-15-16-33-20-7-5-6-14-32-20/h8-9,11,18,20-21,28H,5-7,10,12-17H2,1-4H3,(H,26,30)/t18-,20?,21+,25?/m0/s1. The minimum atomic E-state index is -0.839. The number of likely N-dealkylation sites (tertiary alicyclic amines) is 1. The number of amides is 2. The van der Waals surface area contributed by atoms with Gasteiger partial charge in [-0.25, -0.2) is 4.79 Å². The molecule has 9 nitrogen and oxygen atoms in total. The van der Waals surface area contributed by atoms with Gasteiger partial charge in [0.15, 0.2) is 6.29 Å². The summed E-state index contributed by atoms with van der Waals surface area (Å²) in [5.41, 5.74) is -1.36. The van der Waals surface area contributed by atoms with Gasteiger partial charge in [0, 0.05) is 25.1 Å². The highest BCUT2D eigenvalue weighted by atomic mass is 16.7. The lowest BCUT2D eigenvalue weighted by atomic mass is 9.76. The SMILES string of the molecule is CC(C)(C)OC(=O)N[C@H](C(=O)N1CC[C@H](O)C1)C1(C)C=CC(OCCOC2CCCCO2)=CC1. The summed E-state index contributed by atoms with van der Waals surface area (Å²) in [6, 6.07) is -0.839. The normalized spacial score (nSPS) is 28.3. The largest absolute Gasteiger partial charge is 0.492 e. The van der Waals surface area contributed by atoms with Gasteiger partial charge >= 0.3 is 6.09 Å². The van der Waals surface area contributed by atoms with Gasteiger partial charge in [-0.15, -0.1) is 0 Å². The van der Waals surface area contributed by atoms with E-state index in [2.05, 4.69) is 5.32 Å². The monoisotopic (exact) mass is 480 g/mol. The number of carbonyl (C=O) groups excluding carboxylic acids is 2. The number of β-amino-alcohol motifs (C(OH)–C–C–N with tert-alkyl or cyclic N) is 1. The van der Waals surface area contributed by atoms with Crippen molar-refractivity contribution in [1.29, 1.82) is 0 Å². The van der Waals surface area contributed by atoms with E-state index in [4.69, 9.17) is 18.9 Å². The Labute approximate surface area is 202 Å². The number of hydrogen-bond donors (Lipinski definition) is 2. The van der Waals surface area contributed by atoms with Crippen LogP contribution >= 0.6 is 0 Å². The summed E-state index contributed by atoms with van der Waals surface area (Å²) in [5, 5.41) is 12.7. The van der Waals surface area contributed by atoms with Crippen LogP contribution in [-0.2, 0) is 23.7 Å². The van der Waals surface area contributed by atoms with Crippen molar-refractivity contribution in [2.24, 2.45) is 5.41 Å². The molecule has 34 heavy (non-hydrogen) atoms. The maximum absolute atomic E-state index is 13.4. The van der Waals surface area contributed by atoms with Crippen molar-refractivity contribution in [2.45, 2.75) is 83.8 Å². The Morgan fingerprint density at radius 2 is 2.09 bits per heavy atom. The number of hydrogen-bond acceptors (Lipinski definition) is 7. The van der Waals surface area contributed by atoms with Crippen molar-refractivity contribution in [1.82, 2.24) is 10.2 Å². The first kappa shape index (κ1) is 26.5. The summed E-state index contributed by atoms with van der Waals surface area (Å²) in [6.07, 6.45) is 8.46. The number of ether oxygens (including phenoxy) is 4. The van der Waals surface area contributed by atoms with Crippen LogP contribution < -0.4 is 5.32 Å². The Hall–Kier alpha value is -2.10. The molecule has 2 saturated heterocycles. The highest BCUT2D eigenvalue weighted by Gasteiger charge is 2.43. The molecular weight excluding hydrogens is 440 g/mol. The number of aliphatic hydroxyl groups is 1. The zero-order valence-electron chi connectivity index (χ0n) is 20.9. The van der Waals surface area contributed by atoms with Gasteiger partial charge in [0.25, 0.3) is 0 Å². The van der Waals surface area contributed by atoms with E-state index in [9.17, 15) is 14.7 Å². The van der Waals surface area contributed by atoms with Crippen LogP contribution in [0.15, 0.2) is 24.0 Å². The van der Waals surface area contributed by atoms with E-state index < -0.39 is 29.3 Å². The number of rotatable bonds is 8. The van der Waals surface area contributed by atoms with Crippen LogP contribution in [0.2, 0.25) is 0 Å². The van der Waals surface area contributed by atoms with Crippen molar-refractivity contribution in [3.8, 4) is 0 Å². The molecule has 0 radical (unpaired) electrons. The molecule has 0 aromatic carbocycles. The Balaban J connectivity index is 1.58. The second-order valence-electron chi connectivity index (χ2n) is 10.5. The zero-order valence-corrected chi connectivity index (χ0v) is 20.9. The molecule has 0 saturated carbocycles. The summed E-state index contributed by atoms with van der Waals surface area (Å²) in [6.45, 7) is 9.55. The van der Waals surface area contributed by atoms with Gasteiger partial charge in [-0.1, -0.05) is 13.0 Å². The number of alkyl carbamates (subject to hydrolysis) is 1. The Bertz CT molecular complexity index is 770. The van der Waals surface area contributed by atoms with E-state index in [1.54, 1.807) is 25.7 Å². The first-order valence-electron chi connectivity index (χ1n) is 12.3. The van der Waals surface area contributed by atoms with Crippen molar-refractivity contribution in [3.63, 3.8) is 0 Å². The van der Waals surface area contributed by atoms with Crippen molar-refractivity contribution in [3.05, 3.63) is 24.0 Å². The van der Waals surface area contributed by atoms with Crippen molar-refractivity contribution in [2.75, 3.05) is 32.9 Å². The molecule has 2 unspecified atom stereocenters. The third-order valence-corrected chi connectivity index (χ3v) is 6.21. The van der Waals surface area contributed by atoms with Crippen LogP contribution in [0.5, 0.6) is 0 Å². The molecule has 3 aliphatic rings. The molecular formula is C25H40N2O7. The van der Waals surface area contributed by atoms with E-state index in [0.717, 1.165) is 25.9 Å². The summed E-state index contributed by atoms with van der Waals surface area (Å²) < 4.78 is 22.5. The Morgan fingerprint density at radius 3 is 2.68 bits per heavy atom. The highest BCUT2D eigenvalue weighted by molar-refractivity contribution is 5.87. The summed E-state index contributed by atoms with van der Waals surface area (Å²) in [4.78, 5) is 27.5. The van der Waals surface area contributed by atoms with E-state index in [-0.39, 0.29) is 18.7 Å². The highest BCUT2D eigenvalue weighted by Crippen LogP contribution is 2.35. The van der Waals surface area contributed by atoms with Crippen LogP contribution in [0.3, 0.4) is 0 Å². The van der Waals surface area contributed by atoms with Crippen LogP contribution in [-0.4, -0.2) is 79.0 Å². The second-order valence-corrected chi connectivity index (χ2v) is 10.5. The quantitative estimate of drug-likeness (QED) is 0.515. The third-order valence-electron chi connectivity index (χ3n) is 6.21. The zero-order chi connectivity index (χ0) is 24.8. The summed E-state index contributed by atoms with van der Waals surface area (Å²) in [7, 11) is 0. The Morgan fingerprint density at radius 1 is 1.29 bits per heavy atom. The maximum atomic E-state index is 13.4. The van der Waals surface area contributed by atoms with Gasteiger partial charge in [-0.2, -0.15) is 0 Å². The third kappa shape index (κ3) is 7.71. The molecule has 2 aliphatic heterocycles. The van der Waals surface area contributed by atoms with E-state index in [1.165, 1.54) is 0 Å². The number of nitrogens with zero attached hydrogens (tertiary/aromatic N) is 1. The molecule has 3 rings (SSSR count). The van der Waals surface area contributed by atoms with Gasteiger partial charge in [0.2, 0.25) is 5.91 Å². The minimum Gasteiger partial charge on any atom is -0.492 e.